The van der Waals surface area contributed by atoms with Crippen molar-refractivity contribution in [3.63, 3.8) is 0 Å². The number of aliphatic hydroxyl groups excluding tert-OH is 2. The molecule has 47 heavy (non-hydrogen) atoms. The molecule has 0 bridgehead atoms. The molecule has 0 aromatic rings. The Bertz CT molecular complexity index is 546. The zero-order chi connectivity index (χ0) is 34.1. The smallest absolute Gasteiger partial charge is 0.0839 e. The summed E-state index contributed by atoms with van der Waals surface area (Å²) in [6.07, 6.45) is 48.3. The SMILES string of the molecule is CCCCCCCCCCCCCCCCCCCCNC(CO)C(O)CNCCCCCCCCCCCCCCCCCCC. The van der Waals surface area contributed by atoms with Crippen LogP contribution in [-0.4, -0.2) is 48.6 Å². The van der Waals surface area contributed by atoms with Gasteiger partial charge in [0, 0.05) is 6.54 Å². The standard InChI is InChI=1S/C43H90N2O2/c1-3-5-7-9-11-13-15-17-19-21-23-25-27-29-31-33-35-37-39-45-42(41-46)43(47)40-44-38-36-34-32-30-28-26-24-22-20-18-16-14-12-10-8-6-4-2/h42-47H,3-41H2,1-2H3. The number of aliphatic hydroxyl groups is 2. The van der Waals surface area contributed by atoms with Crippen LogP contribution >= 0.6 is 0 Å². The molecular weight excluding hydrogens is 576 g/mol. The van der Waals surface area contributed by atoms with Crippen LogP contribution in [0.5, 0.6) is 0 Å². The largest absolute Gasteiger partial charge is 0.395 e. The van der Waals surface area contributed by atoms with Gasteiger partial charge in [0.1, 0.15) is 0 Å². The van der Waals surface area contributed by atoms with Gasteiger partial charge in [-0.05, 0) is 25.9 Å². The van der Waals surface area contributed by atoms with Crippen molar-refractivity contribution in [2.45, 2.75) is 251 Å². The summed E-state index contributed by atoms with van der Waals surface area (Å²) >= 11 is 0. The minimum Gasteiger partial charge on any atom is -0.395 e. The third kappa shape index (κ3) is 38.5. The van der Waals surface area contributed by atoms with Gasteiger partial charge in [-0.3, -0.25) is 0 Å². The lowest BCUT2D eigenvalue weighted by molar-refractivity contribution is 0.0892. The number of rotatable bonds is 42. The minimum absolute atomic E-state index is 0.00101. The van der Waals surface area contributed by atoms with Crippen molar-refractivity contribution in [2.24, 2.45) is 0 Å². The average Bonchev–Trinajstić information content (AvgIpc) is 3.08. The van der Waals surface area contributed by atoms with Crippen LogP contribution in [0.15, 0.2) is 0 Å². The first-order chi connectivity index (χ1) is 23.3. The van der Waals surface area contributed by atoms with E-state index in [-0.39, 0.29) is 12.6 Å². The van der Waals surface area contributed by atoms with Gasteiger partial charge in [0.25, 0.3) is 0 Å². The second-order valence-electron chi connectivity index (χ2n) is 15.2. The molecule has 2 atom stereocenters. The molecule has 0 fully saturated rings. The zero-order valence-corrected chi connectivity index (χ0v) is 32.6. The molecule has 0 saturated carbocycles. The van der Waals surface area contributed by atoms with E-state index in [2.05, 4.69) is 24.5 Å². The molecule has 4 nitrogen and oxygen atoms in total. The van der Waals surface area contributed by atoms with Crippen molar-refractivity contribution in [1.29, 1.82) is 0 Å². The Hall–Kier alpha value is -0.160. The van der Waals surface area contributed by atoms with Crippen molar-refractivity contribution >= 4 is 0 Å². The van der Waals surface area contributed by atoms with Gasteiger partial charge in [-0.2, -0.15) is 0 Å². The summed E-state index contributed by atoms with van der Waals surface area (Å²) in [6, 6.07) is -0.219. The Labute approximate surface area is 297 Å². The normalized spacial score (nSPS) is 13.0. The van der Waals surface area contributed by atoms with E-state index in [9.17, 15) is 10.2 Å². The zero-order valence-electron chi connectivity index (χ0n) is 32.6. The van der Waals surface area contributed by atoms with Gasteiger partial charge in [0.15, 0.2) is 0 Å². The summed E-state index contributed by atoms with van der Waals surface area (Å²) in [6.45, 7) is 7.01. The van der Waals surface area contributed by atoms with E-state index in [0.29, 0.717) is 6.54 Å². The maximum atomic E-state index is 10.5. The molecule has 0 saturated heterocycles. The van der Waals surface area contributed by atoms with Crippen LogP contribution < -0.4 is 10.6 Å². The van der Waals surface area contributed by atoms with Crippen LogP contribution in [0, 0.1) is 0 Å². The van der Waals surface area contributed by atoms with Crippen LogP contribution in [0.3, 0.4) is 0 Å². The van der Waals surface area contributed by atoms with E-state index >= 15 is 0 Å². The lowest BCUT2D eigenvalue weighted by atomic mass is 10.0. The molecule has 0 aliphatic heterocycles. The summed E-state index contributed by atoms with van der Waals surface area (Å²) in [7, 11) is 0. The van der Waals surface area contributed by atoms with Gasteiger partial charge in [0.2, 0.25) is 0 Å². The lowest BCUT2D eigenvalue weighted by Gasteiger charge is -2.22. The molecule has 0 rings (SSSR count). The molecule has 0 amide bonds. The third-order valence-electron chi connectivity index (χ3n) is 10.4. The average molecular weight is 667 g/mol. The van der Waals surface area contributed by atoms with Crippen molar-refractivity contribution in [3.8, 4) is 0 Å². The maximum Gasteiger partial charge on any atom is 0.0839 e. The molecule has 4 N–H and O–H groups in total. The second kappa shape index (κ2) is 42.0. The van der Waals surface area contributed by atoms with Crippen LogP contribution in [0.4, 0.5) is 0 Å². The number of hydrogen-bond donors (Lipinski definition) is 4. The highest BCUT2D eigenvalue weighted by molar-refractivity contribution is 4.77. The first-order valence-corrected chi connectivity index (χ1v) is 22.0. The van der Waals surface area contributed by atoms with Gasteiger partial charge in [-0.15, -0.1) is 0 Å². The maximum absolute atomic E-state index is 10.5. The molecule has 284 valence electrons. The van der Waals surface area contributed by atoms with Gasteiger partial charge >= 0.3 is 0 Å². The Balaban J connectivity index is 3.35. The van der Waals surface area contributed by atoms with E-state index in [4.69, 9.17) is 0 Å². The fourth-order valence-corrected chi connectivity index (χ4v) is 7.00. The highest BCUT2D eigenvalue weighted by Gasteiger charge is 2.16. The van der Waals surface area contributed by atoms with E-state index in [1.54, 1.807) is 0 Å². The Morgan fingerprint density at radius 2 is 0.617 bits per heavy atom. The Morgan fingerprint density at radius 3 is 0.894 bits per heavy atom. The fourth-order valence-electron chi connectivity index (χ4n) is 7.00. The second-order valence-corrected chi connectivity index (χ2v) is 15.2. The van der Waals surface area contributed by atoms with Crippen molar-refractivity contribution < 1.29 is 10.2 Å². The molecular formula is C43H90N2O2. The van der Waals surface area contributed by atoms with Crippen molar-refractivity contribution in [1.82, 2.24) is 10.6 Å². The van der Waals surface area contributed by atoms with Crippen LogP contribution in [0.2, 0.25) is 0 Å². The molecule has 2 unspecified atom stereocenters. The number of nitrogens with one attached hydrogen (secondary N) is 2. The summed E-state index contributed by atoms with van der Waals surface area (Å²) in [5.74, 6) is 0. The van der Waals surface area contributed by atoms with E-state index in [1.807, 2.05) is 0 Å². The van der Waals surface area contributed by atoms with Gasteiger partial charge < -0.3 is 20.8 Å². The number of hydrogen-bond acceptors (Lipinski definition) is 4. The molecule has 0 spiro atoms. The summed E-state index contributed by atoms with van der Waals surface area (Å²) < 4.78 is 0. The monoisotopic (exact) mass is 667 g/mol. The summed E-state index contributed by atoms with van der Waals surface area (Å²) in [4.78, 5) is 0. The summed E-state index contributed by atoms with van der Waals surface area (Å²) in [5.41, 5.74) is 0. The topological polar surface area (TPSA) is 64.5 Å². The molecule has 4 heteroatoms. The van der Waals surface area contributed by atoms with Gasteiger partial charge in [-0.1, -0.05) is 226 Å². The Kier molecular flexibility index (Phi) is 41.9. The Morgan fingerprint density at radius 1 is 0.362 bits per heavy atom. The first kappa shape index (κ1) is 46.8. The highest BCUT2D eigenvalue weighted by atomic mass is 16.3. The van der Waals surface area contributed by atoms with Crippen molar-refractivity contribution in [3.05, 3.63) is 0 Å². The van der Waals surface area contributed by atoms with Crippen LogP contribution in [-0.2, 0) is 0 Å². The molecule has 0 radical (unpaired) electrons. The molecule has 0 aliphatic rings. The third-order valence-corrected chi connectivity index (χ3v) is 10.4. The fraction of sp³-hybridized carbons (Fsp3) is 1.00. The molecule has 0 heterocycles. The minimum atomic E-state index is -0.527. The van der Waals surface area contributed by atoms with Crippen LogP contribution in [0.25, 0.3) is 0 Å². The first-order valence-electron chi connectivity index (χ1n) is 22.0. The van der Waals surface area contributed by atoms with E-state index < -0.39 is 6.10 Å². The van der Waals surface area contributed by atoms with E-state index in [1.165, 1.54) is 218 Å². The number of unbranched alkanes of at least 4 members (excludes halogenated alkanes) is 33. The molecule has 0 aromatic heterocycles. The highest BCUT2D eigenvalue weighted by Crippen LogP contribution is 2.16. The van der Waals surface area contributed by atoms with Gasteiger partial charge in [-0.25, -0.2) is 0 Å². The van der Waals surface area contributed by atoms with Crippen molar-refractivity contribution in [2.75, 3.05) is 26.2 Å². The predicted molar refractivity (Wildman–Crippen MR) is 211 cm³/mol. The lowest BCUT2D eigenvalue weighted by Crippen LogP contribution is -2.47. The predicted octanol–water partition coefficient (Wildman–Crippen LogP) is 12.6. The van der Waals surface area contributed by atoms with E-state index in [0.717, 1.165) is 19.5 Å². The quantitative estimate of drug-likeness (QED) is 0.0490. The molecule has 0 aromatic carbocycles. The summed E-state index contributed by atoms with van der Waals surface area (Å²) in [5, 5.41) is 27.1. The van der Waals surface area contributed by atoms with Gasteiger partial charge in [0.05, 0.1) is 18.8 Å². The van der Waals surface area contributed by atoms with Crippen LogP contribution in [0.1, 0.15) is 239 Å². The molecule has 0 aliphatic carbocycles.